The topological polar surface area (TPSA) is 69.7 Å². The van der Waals surface area contributed by atoms with Crippen LogP contribution in [0.3, 0.4) is 0 Å². The lowest BCUT2D eigenvalue weighted by atomic mass is 9.94. The van der Waals surface area contributed by atoms with E-state index in [-0.39, 0.29) is 11.3 Å². The summed E-state index contributed by atoms with van der Waals surface area (Å²) in [5.41, 5.74) is 1.67. The Balaban J connectivity index is 1.94. The largest absolute Gasteiger partial charge is 0.783 e. The minimum atomic E-state index is -4.11. The Kier molecular flexibility index (Phi) is 7.24. The van der Waals surface area contributed by atoms with Gasteiger partial charge in [-0.25, -0.2) is 8.42 Å². The van der Waals surface area contributed by atoms with Gasteiger partial charge in [0.25, 0.3) is 0 Å². The molecule has 0 saturated heterocycles. The number of benzene rings is 3. The first kappa shape index (κ1) is 24.0. The molecule has 0 spiro atoms. The molecule has 0 amide bonds. The molecule has 1 aliphatic heterocycles. The molecule has 0 aromatic heterocycles. The first-order valence-corrected chi connectivity index (χ1v) is 13.7. The predicted molar refractivity (Wildman–Crippen MR) is 134 cm³/mol. The van der Waals surface area contributed by atoms with Crippen LogP contribution in [0.2, 0.25) is 0 Å². The molecule has 7 heteroatoms. The lowest BCUT2D eigenvalue weighted by molar-refractivity contribution is 0.158. The number of nitrogens with zero attached hydrogens (tertiary/aromatic N) is 1. The summed E-state index contributed by atoms with van der Waals surface area (Å²) in [5.74, 6) is 0.430. The second-order valence-corrected chi connectivity index (χ2v) is 11.1. The summed E-state index contributed by atoms with van der Waals surface area (Å²) in [6.07, 6.45) is 1.77. The summed E-state index contributed by atoms with van der Waals surface area (Å²) in [6, 6.07) is 22.5. The Morgan fingerprint density at radius 1 is 0.970 bits per heavy atom. The van der Waals surface area contributed by atoms with Crippen LogP contribution in [0.4, 0.5) is 0 Å². The van der Waals surface area contributed by atoms with Crippen molar-refractivity contribution < 1.29 is 13.2 Å². The van der Waals surface area contributed by atoms with E-state index in [1.807, 2.05) is 36.4 Å². The fourth-order valence-electron chi connectivity index (χ4n) is 4.51. The molecule has 2 unspecified atom stereocenters. The van der Waals surface area contributed by atoms with Crippen LogP contribution >= 0.6 is 15.9 Å². The van der Waals surface area contributed by atoms with Crippen LogP contribution < -0.4 is 4.74 Å². The number of rotatable bonds is 8. The van der Waals surface area contributed by atoms with Crippen LogP contribution in [0.15, 0.2) is 83.8 Å². The highest BCUT2D eigenvalue weighted by Crippen LogP contribution is 2.52. The zero-order chi connectivity index (χ0) is 23.5. The van der Waals surface area contributed by atoms with Crippen molar-refractivity contribution in [1.82, 2.24) is 5.06 Å². The number of hydrogen-bond donors (Lipinski definition) is 0. The summed E-state index contributed by atoms with van der Waals surface area (Å²) >= 11 is 3.42. The van der Waals surface area contributed by atoms with Gasteiger partial charge < -0.3 is 15.0 Å². The van der Waals surface area contributed by atoms with Gasteiger partial charge in [-0.1, -0.05) is 82.7 Å². The molecule has 0 N–H and O–H groups in total. The molecule has 3 aromatic rings. The molecule has 33 heavy (non-hydrogen) atoms. The minimum Gasteiger partial charge on any atom is -0.783 e. The average Bonchev–Trinajstić information content (AvgIpc) is 2.84. The normalized spacial score (nSPS) is 22.0. The molecule has 2 atom stereocenters. The number of alkyl halides is 1. The van der Waals surface area contributed by atoms with Gasteiger partial charge in [-0.2, -0.15) is 0 Å². The minimum absolute atomic E-state index is 0.0140. The highest BCUT2D eigenvalue weighted by Gasteiger charge is 2.54. The molecule has 174 valence electrons. The molecule has 0 radical (unpaired) electrons. The van der Waals surface area contributed by atoms with Gasteiger partial charge in [0.05, 0.1) is 11.5 Å². The monoisotopic (exact) mass is 528 g/mol. The Morgan fingerprint density at radius 2 is 1.64 bits per heavy atom. The molecule has 0 saturated carbocycles. The number of hydrogen-bond acceptors (Lipinski definition) is 5. The van der Waals surface area contributed by atoms with Crippen molar-refractivity contribution in [2.75, 3.05) is 11.9 Å². The van der Waals surface area contributed by atoms with Crippen molar-refractivity contribution in [2.24, 2.45) is 0 Å². The van der Waals surface area contributed by atoms with E-state index in [4.69, 9.17) is 4.74 Å². The predicted octanol–water partition coefficient (Wildman–Crippen LogP) is 5.98. The molecule has 3 aromatic carbocycles. The molecular formula is C26H27BrNO4S-. The van der Waals surface area contributed by atoms with Gasteiger partial charge in [-0.15, -0.1) is 0 Å². The van der Waals surface area contributed by atoms with E-state index >= 15 is 0 Å². The van der Waals surface area contributed by atoms with E-state index in [9.17, 15) is 13.6 Å². The molecule has 0 aliphatic carbocycles. The zero-order valence-corrected chi connectivity index (χ0v) is 20.9. The van der Waals surface area contributed by atoms with Crippen LogP contribution in [0.1, 0.15) is 42.5 Å². The molecule has 1 aliphatic rings. The third-order valence-electron chi connectivity index (χ3n) is 6.19. The number of para-hydroxylation sites is 1. The van der Waals surface area contributed by atoms with Gasteiger partial charge >= 0.3 is 0 Å². The van der Waals surface area contributed by atoms with Crippen LogP contribution in [-0.4, -0.2) is 25.4 Å². The smallest absolute Gasteiger partial charge is 0.201 e. The average molecular weight is 529 g/mol. The Labute approximate surface area is 204 Å². The molecule has 1 heterocycles. The number of hydroxylamine groups is 2. The maximum absolute atomic E-state index is 14.3. The first-order chi connectivity index (χ1) is 15.9. The highest BCUT2D eigenvalue weighted by molar-refractivity contribution is 9.09. The quantitative estimate of drug-likeness (QED) is 0.265. The SMILES string of the molecule is CC1c2ccccc2S(=O)(=O)C(Cc2ccccc2)(c2ccccc2OCCCCBr)N1[O-]. The van der Waals surface area contributed by atoms with Crippen molar-refractivity contribution in [3.63, 3.8) is 0 Å². The highest BCUT2D eigenvalue weighted by atomic mass is 79.9. The van der Waals surface area contributed by atoms with Crippen LogP contribution in [0.5, 0.6) is 5.75 Å². The fourth-order valence-corrected chi connectivity index (χ4v) is 7.28. The van der Waals surface area contributed by atoms with Crippen molar-refractivity contribution in [1.29, 1.82) is 0 Å². The Hall–Kier alpha value is -2.19. The zero-order valence-electron chi connectivity index (χ0n) is 18.5. The Bertz CT molecular complexity index is 1200. The van der Waals surface area contributed by atoms with Gasteiger partial charge in [0.2, 0.25) is 9.84 Å². The summed E-state index contributed by atoms with van der Waals surface area (Å²) in [5, 5.41) is 15.7. The van der Waals surface area contributed by atoms with E-state index in [1.165, 1.54) is 0 Å². The number of fused-ring (bicyclic) bond motifs is 1. The number of unbranched alkanes of at least 4 members (excludes halogenated alkanes) is 1. The van der Waals surface area contributed by atoms with E-state index in [2.05, 4.69) is 15.9 Å². The summed E-state index contributed by atoms with van der Waals surface area (Å²) in [7, 11) is -4.11. The van der Waals surface area contributed by atoms with E-state index in [0.717, 1.165) is 28.8 Å². The van der Waals surface area contributed by atoms with E-state index in [1.54, 1.807) is 49.4 Å². The molecular weight excluding hydrogens is 502 g/mol. The number of ether oxygens (including phenoxy) is 1. The lowest BCUT2D eigenvalue weighted by Gasteiger charge is -2.55. The van der Waals surface area contributed by atoms with Gasteiger partial charge in [-0.05, 0) is 43.0 Å². The maximum atomic E-state index is 14.3. The third-order valence-corrected chi connectivity index (χ3v) is 9.14. The molecule has 0 fully saturated rings. The summed E-state index contributed by atoms with van der Waals surface area (Å²) in [4.78, 5) is -1.65. The van der Waals surface area contributed by atoms with Crippen LogP contribution in [0, 0.1) is 5.21 Å². The van der Waals surface area contributed by atoms with Gasteiger partial charge in [0.1, 0.15) is 5.75 Å². The molecule has 4 rings (SSSR count). The van der Waals surface area contributed by atoms with Crippen molar-refractivity contribution in [3.05, 3.63) is 101 Å². The second-order valence-electron chi connectivity index (χ2n) is 8.23. The Morgan fingerprint density at radius 3 is 2.39 bits per heavy atom. The van der Waals surface area contributed by atoms with Gasteiger partial charge in [0, 0.05) is 23.4 Å². The van der Waals surface area contributed by atoms with Crippen molar-refractivity contribution in [3.8, 4) is 5.75 Å². The van der Waals surface area contributed by atoms with E-state index < -0.39 is 20.8 Å². The maximum Gasteiger partial charge on any atom is 0.201 e. The van der Waals surface area contributed by atoms with Crippen LogP contribution in [-0.2, 0) is 21.1 Å². The van der Waals surface area contributed by atoms with Crippen molar-refractivity contribution in [2.45, 2.75) is 42.0 Å². The first-order valence-electron chi connectivity index (χ1n) is 11.1. The van der Waals surface area contributed by atoms with E-state index in [0.29, 0.717) is 23.5 Å². The standard InChI is InChI=1S/C26H27BrNO4S/c1-20-22-13-5-8-16-25(22)33(30,31)26(28(20)29,19-21-11-3-2-4-12-21)23-14-6-7-15-24(23)32-18-10-9-17-27/h2-8,11-16,20H,9-10,17-19H2,1H3/q-1. The van der Waals surface area contributed by atoms with Crippen LogP contribution in [0.25, 0.3) is 0 Å². The summed E-state index contributed by atoms with van der Waals surface area (Å²) in [6.45, 7) is 2.20. The second kappa shape index (κ2) is 9.97. The molecule has 5 nitrogen and oxygen atoms in total. The summed E-state index contributed by atoms with van der Waals surface area (Å²) < 4.78 is 34.7. The van der Waals surface area contributed by atoms with Gasteiger partial charge in [-0.3, -0.25) is 0 Å². The number of halogens is 1. The number of sulfone groups is 1. The molecule has 0 bridgehead atoms. The van der Waals surface area contributed by atoms with Crippen molar-refractivity contribution >= 4 is 25.8 Å². The lowest BCUT2D eigenvalue weighted by Crippen LogP contribution is -2.54. The fraction of sp³-hybridized carbons (Fsp3) is 0.308. The van der Waals surface area contributed by atoms with Gasteiger partial charge in [0.15, 0.2) is 4.87 Å². The third kappa shape index (κ3) is 4.23.